The van der Waals surface area contributed by atoms with Crippen LogP contribution in [0.1, 0.15) is 25.3 Å². The number of rotatable bonds is 2. The zero-order valence-electron chi connectivity index (χ0n) is 8.70. The lowest BCUT2D eigenvalue weighted by Crippen LogP contribution is -1.84. The number of methoxy groups -OCH3 is 1. The summed E-state index contributed by atoms with van der Waals surface area (Å²) in [6.07, 6.45) is 1.83. The van der Waals surface area contributed by atoms with Crippen molar-refractivity contribution in [3.63, 3.8) is 0 Å². The molecular formula is C12H14O2. The third kappa shape index (κ3) is 1.37. The maximum atomic E-state index is 5.47. The number of ether oxygens (including phenoxy) is 1. The lowest BCUT2D eigenvalue weighted by atomic mass is 10.0. The van der Waals surface area contributed by atoms with E-state index in [1.807, 2.05) is 24.5 Å². The first-order chi connectivity index (χ1) is 6.72. The van der Waals surface area contributed by atoms with Crippen molar-refractivity contribution >= 4 is 11.0 Å². The van der Waals surface area contributed by atoms with E-state index in [9.17, 15) is 0 Å². The second kappa shape index (κ2) is 3.37. The summed E-state index contributed by atoms with van der Waals surface area (Å²) >= 11 is 0. The molecule has 0 aliphatic carbocycles. The van der Waals surface area contributed by atoms with Gasteiger partial charge in [0, 0.05) is 17.0 Å². The van der Waals surface area contributed by atoms with Gasteiger partial charge in [-0.05, 0) is 18.1 Å². The minimum Gasteiger partial charge on any atom is -0.497 e. The fourth-order valence-electron chi connectivity index (χ4n) is 1.60. The van der Waals surface area contributed by atoms with Crippen molar-refractivity contribution in [1.82, 2.24) is 0 Å². The topological polar surface area (TPSA) is 22.4 Å². The molecule has 2 rings (SSSR count). The van der Waals surface area contributed by atoms with Gasteiger partial charge in [0.1, 0.15) is 11.3 Å². The smallest absolute Gasteiger partial charge is 0.137 e. The van der Waals surface area contributed by atoms with E-state index in [0.717, 1.165) is 11.3 Å². The Morgan fingerprint density at radius 1 is 1.29 bits per heavy atom. The van der Waals surface area contributed by atoms with E-state index in [0.29, 0.717) is 5.92 Å². The second-order valence-electron chi connectivity index (χ2n) is 3.71. The highest BCUT2D eigenvalue weighted by molar-refractivity contribution is 5.82. The van der Waals surface area contributed by atoms with E-state index in [1.54, 1.807) is 7.11 Å². The first-order valence-corrected chi connectivity index (χ1v) is 4.77. The Kier molecular flexibility index (Phi) is 2.20. The molecule has 0 aliphatic heterocycles. The molecule has 0 saturated carbocycles. The van der Waals surface area contributed by atoms with Crippen LogP contribution in [0.5, 0.6) is 5.75 Å². The van der Waals surface area contributed by atoms with Gasteiger partial charge in [0.15, 0.2) is 0 Å². The van der Waals surface area contributed by atoms with Crippen LogP contribution in [0.3, 0.4) is 0 Å². The molecule has 1 aromatic carbocycles. The van der Waals surface area contributed by atoms with Gasteiger partial charge in [0.25, 0.3) is 0 Å². The van der Waals surface area contributed by atoms with E-state index in [1.165, 1.54) is 10.9 Å². The lowest BCUT2D eigenvalue weighted by Gasteiger charge is -2.01. The highest BCUT2D eigenvalue weighted by Crippen LogP contribution is 2.29. The van der Waals surface area contributed by atoms with Crippen LogP contribution in [0, 0.1) is 0 Å². The molecule has 0 aliphatic rings. The van der Waals surface area contributed by atoms with Crippen LogP contribution in [-0.2, 0) is 0 Å². The van der Waals surface area contributed by atoms with Crippen LogP contribution in [0.15, 0.2) is 28.9 Å². The summed E-state index contributed by atoms with van der Waals surface area (Å²) in [6.45, 7) is 4.32. The van der Waals surface area contributed by atoms with Crippen molar-refractivity contribution in [2.45, 2.75) is 19.8 Å². The summed E-state index contributed by atoms with van der Waals surface area (Å²) in [5, 5.41) is 1.18. The normalized spacial score (nSPS) is 11.1. The number of fused-ring (bicyclic) bond motifs is 1. The van der Waals surface area contributed by atoms with E-state index in [4.69, 9.17) is 9.15 Å². The van der Waals surface area contributed by atoms with Gasteiger partial charge in [0.05, 0.1) is 13.4 Å². The van der Waals surface area contributed by atoms with Gasteiger partial charge in [-0.3, -0.25) is 0 Å². The van der Waals surface area contributed by atoms with Gasteiger partial charge >= 0.3 is 0 Å². The third-order valence-corrected chi connectivity index (χ3v) is 2.43. The number of benzene rings is 1. The SMILES string of the molecule is COc1ccc2c(C(C)C)coc2c1. The van der Waals surface area contributed by atoms with Crippen molar-refractivity contribution in [3.05, 3.63) is 30.0 Å². The molecule has 0 amide bonds. The predicted octanol–water partition coefficient (Wildman–Crippen LogP) is 3.56. The molecule has 1 heterocycles. The zero-order chi connectivity index (χ0) is 10.1. The Bertz CT molecular complexity index is 441. The molecule has 2 aromatic rings. The first kappa shape index (κ1) is 9.13. The zero-order valence-corrected chi connectivity index (χ0v) is 8.70. The molecule has 0 unspecified atom stereocenters. The van der Waals surface area contributed by atoms with Crippen LogP contribution in [0.2, 0.25) is 0 Å². The molecule has 74 valence electrons. The maximum Gasteiger partial charge on any atom is 0.137 e. The van der Waals surface area contributed by atoms with Crippen LogP contribution in [0.4, 0.5) is 0 Å². The Morgan fingerprint density at radius 3 is 2.71 bits per heavy atom. The summed E-state index contributed by atoms with van der Waals surface area (Å²) < 4.78 is 10.6. The molecule has 0 atom stereocenters. The average molecular weight is 190 g/mol. The molecule has 2 nitrogen and oxygen atoms in total. The third-order valence-electron chi connectivity index (χ3n) is 2.43. The Hall–Kier alpha value is -1.44. The molecule has 0 radical (unpaired) electrons. The monoisotopic (exact) mass is 190 g/mol. The van der Waals surface area contributed by atoms with Crippen LogP contribution in [0.25, 0.3) is 11.0 Å². The Morgan fingerprint density at radius 2 is 2.07 bits per heavy atom. The summed E-state index contributed by atoms with van der Waals surface area (Å²) in [4.78, 5) is 0. The predicted molar refractivity (Wildman–Crippen MR) is 56.9 cm³/mol. The standard InChI is InChI=1S/C12H14O2/c1-8(2)11-7-14-12-6-9(13-3)4-5-10(11)12/h4-8H,1-3H3. The molecule has 0 fully saturated rings. The highest BCUT2D eigenvalue weighted by Gasteiger charge is 2.09. The first-order valence-electron chi connectivity index (χ1n) is 4.77. The number of furan rings is 1. The highest BCUT2D eigenvalue weighted by atomic mass is 16.5. The molecule has 0 N–H and O–H groups in total. The van der Waals surface area contributed by atoms with Crippen molar-refractivity contribution in [2.24, 2.45) is 0 Å². The molecule has 0 saturated heterocycles. The van der Waals surface area contributed by atoms with Gasteiger partial charge in [-0.2, -0.15) is 0 Å². The van der Waals surface area contributed by atoms with E-state index < -0.39 is 0 Å². The molecule has 1 aromatic heterocycles. The van der Waals surface area contributed by atoms with Gasteiger partial charge in [-0.1, -0.05) is 13.8 Å². The van der Waals surface area contributed by atoms with E-state index >= 15 is 0 Å². The van der Waals surface area contributed by atoms with Gasteiger partial charge < -0.3 is 9.15 Å². The fraction of sp³-hybridized carbons (Fsp3) is 0.333. The fourth-order valence-corrected chi connectivity index (χ4v) is 1.60. The van der Waals surface area contributed by atoms with Gasteiger partial charge in [0.2, 0.25) is 0 Å². The quantitative estimate of drug-likeness (QED) is 0.722. The van der Waals surface area contributed by atoms with Gasteiger partial charge in [-0.25, -0.2) is 0 Å². The van der Waals surface area contributed by atoms with Crippen molar-refractivity contribution < 1.29 is 9.15 Å². The van der Waals surface area contributed by atoms with Crippen LogP contribution in [-0.4, -0.2) is 7.11 Å². The van der Waals surface area contributed by atoms with Crippen molar-refractivity contribution in [3.8, 4) is 5.75 Å². The van der Waals surface area contributed by atoms with Gasteiger partial charge in [-0.15, -0.1) is 0 Å². The molecular weight excluding hydrogens is 176 g/mol. The summed E-state index contributed by atoms with van der Waals surface area (Å²) in [6, 6.07) is 5.93. The molecule has 2 heteroatoms. The summed E-state index contributed by atoms with van der Waals surface area (Å²) in [5.41, 5.74) is 2.15. The Labute approximate surface area is 83.5 Å². The minimum atomic E-state index is 0.490. The van der Waals surface area contributed by atoms with E-state index in [2.05, 4.69) is 13.8 Å². The maximum absolute atomic E-state index is 5.47. The van der Waals surface area contributed by atoms with Crippen LogP contribution < -0.4 is 4.74 Å². The van der Waals surface area contributed by atoms with Crippen molar-refractivity contribution in [2.75, 3.05) is 7.11 Å². The average Bonchev–Trinajstić information content (AvgIpc) is 2.59. The molecule has 0 bridgehead atoms. The summed E-state index contributed by atoms with van der Waals surface area (Å²) in [5.74, 6) is 1.33. The number of hydrogen-bond acceptors (Lipinski definition) is 2. The molecule has 0 spiro atoms. The Balaban J connectivity index is 2.59. The van der Waals surface area contributed by atoms with Crippen LogP contribution >= 0.6 is 0 Å². The lowest BCUT2D eigenvalue weighted by molar-refractivity contribution is 0.414. The van der Waals surface area contributed by atoms with Crippen molar-refractivity contribution in [1.29, 1.82) is 0 Å². The second-order valence-corrected chi connectivity index (χ2v) is 3.71. The summed E-state index contributed by atoms with van der Waals surface area (Å²) in [7, 11) is 1.66. The van der Waals surface area contributed by atoms with E-state index in [-0.39, 0.29) is 0 Å². The minimum absolute atomic E-state index is 0.490. The largest absolute Gasteiger partial charge is 0.497 e. The molecule has 14 heavy (non-hydrogen) atoms. The number of hydrogen-bond donors (Lipinski definition) is 0.